The summed E-state index contributed by atoms with van der Waals surface area (Å²) in [5.74, 6) is -1.24. The van der Waals surface area contributed by atoms with Crippen molar-refractivity contribution in [3.8, 4) is 11.4 Å². The van der Waals surface area contributed by atoms with Gasteiger partial charge in [0.1, 0.15) is 5.82 Å². The standard InChI is InChI=1S/C12H10ClFN4O2/c13-8-6-7(2-3-9(8)14)10-15-16-17-18(10)12(11(19)20)4-1-5-12/h2-3,6H,1,4-5H2,(H,19,20). The molecular formula is C12H10ClFN4O2. The van der Waals surface area contributed by atoms with Crippen LogP contribution in [0.25, 0.3) is 11.4 Å². The molecule has 104 valence electrons. The van der Waals surface area contributed by atoms with Crippen molar-refractivity contribution in [1.29, 1.82) is 0 Å². The molecule has 0 amide bonds. The van der Waals surface area contributed by atoms with Crippen molar-refractivity contribution < 1.29 is 14.3 Å². The van der Waals surface area contributed by atoms with Gasteiger partial charge in [-0.05, 0) is 47.9 Å². The number of aliphatic carboxylic acids is 1. The normalized spacial score (nSPS) is 16.7. The third-order valence-corrected chi connectivity index (χ3v) is 3.92. The number of tetrazole rings is 1. The van der Waals surface area contributed by atoms with E-state index in [4.69, 9.17) is 11.6 Å². The molecule has 0 atom stereocenters. The van der Waals surface area contributed by atoms with Crippen LogP contribution >= 0.6 is 11.6 Å². The number of rotatable bonds is 3. The molecule has 1 saturated carbocycles. The van der Waals surface area contributed by atoms with Crippen LogP contribution in [-0.4, -0.2) is 31.3 Å². The van der Waals surface area contributed by atoms with Crippen LogP contribution in [0.5, 0.6) is 0 Å². The first-order valence-corrected chi connectivity index (χ1v) is 6.40. The van der Waals surface area contributed by atoms with E-state index in [9.17, 15) is 14.3 Å². The summed E-state index contributed by atoms with van der Waals surface area (Å²) in [6.07, 6.45) is 1.74. The Bertz CT molecular complexity index is 684. The van der Waals surface area contributed by atoms with Gasteiger partial charge in [0.05, 0.1) is 5.02 Å². The van der Waals surface area contributed by atoms with E-state index in [1.165, 1.54) is 22.9 Å². The fraction of sp³-hybridized carbons (Fsp3) is 0.333. The first-order chi connectivity index (χ1) is 9.54. The molecule has 0 aliphatic heterocycles. The Hall–Kier alpha value is -2.02. The number of carboxylic acid groups (broad SMARTS) is 1. The smallest absolute Gasteiger partial charge is 0.331 e. The molecule has 20 heavy (non-hydrogen) atoms. The Morgan fingerprint density at radius 2 is 2.20 bits per heavy atom. The molecule has 0 bridgehead atoms. The first kappa shape index (κ1) is 13.0. The number of carbonyl (C=O) groups is 1. The maximum Gasteiger partial charge on any atom is 0.331 e. The van der Waals surface area contributed by atoms with Gasteiger partial charge in [-0.1, -0.05) is 11.6 Å². The maximum atomic E-state index is 13.2. The topological polar surface area (TPSA) is 80.9 Å². The van der Waals surface area contributed by atoms with Crippen molar-refractivity contribution in [2.75, 3.05) is 0 Å². The second-order valence-electron chi connectivity index (χ2n) is 4.73. The van der Waals surface area contributed by atoms with E-state index in [1.54, 1.807) is 0 Å². The van der Waals surface area contributed by atoms with E-state index < -0.39 is 17.3 Å². The number of benzene rings is 1. The molecule has 0 radical (unpaired) electrons. The molecule has 3 rings (SSSR count). The van der Waals surface area contributed by atoms with Crippen LogP contribution in [0.3, 0.4) is 0 Å². The van der Waals surface area contributed by atoms with Crippen molar-refractivity contribution in [3.05, 3.63) is 29.0 Å². The molecule has 1 heterocycles. The SMILES string of the molecule is O=C(O)C1(n2nnnc2-c2ccc(F)c(Cl)c2)CCC1. The molecule has 2 aromatic rings. The fourth-order valence-electron chi connectivity index (χ4n) is 2.32. The van der Waals surface area contributed by atoms with E-state index in [0.29, 0.717) is 18.4 Å². The summed E-state index contributed by atoms with van der Waals surface area (Å²) in [6, 6.07) is 4.05. The van der Waals surface area contributed by atoms with Crippen molar-refractivity contribution in [2.24, 2.45) is 0 Å². The van der Waals surface area contributed by atoms with Gasteiger partial charge in [-0.2, -0.15) is 0 Å². The van der Waals surface area contributed by atoms with E-state index in [-0.39, 0.29) is 10.8 Å². The summed E-state index contributed by atoms with van der Waals surface area (Å²) in [4.78, 5) is 11.5. The van der Waals surface area contributed by atoms with Gasteiger partial charge < -0.3 is 5.11 Å². The second kappa shape index (κ2) is 4.52. The summed E-state index contributed by atoms with van der Waals surface area (Å²) in [5.41, 5.74) is -0.631. The Kier molecular flexibility index (Phi) is 2.93. The largest absolute Gasteiger partial charge is 0.479 e. The lowest BCUT2D eigenvalue weighted by molar-refractivity contribution is -0.153. The molecule has 1 aliphatic rings. The highest BCUT2D eigenvalue weighted by molar-refractivity contribution is 6.31. The number of hydrogen-bond donors (Lipinski definition) is 1. The van der Waals surface area contributed by atoms with Crippen LogP contribution in [-0.2, 0) is 10.3 Å². The van der Waals surface area contributed by atoms with Crippen LogP contribution in [0.4, 0.5) is 4.39 Å². The number of nitrogens with zero attached hydrogens (tertiary/aromatic N) is 4. The average molecular weight is 297 g/mol. The minimum absolute atomic E-state index is 0.0602. The number of halogens is 2. The number of carboxylic acids is 1. The number of aromatic nitrogens is 4. The summed E-state index contributed by atoms with van der Waals surface area (Å²) in [6.45, 7) is 0. The predicted molar refractivity (Wildman–Crippen MR) is 67.7 cm³/mol. The quantitative estimate of drug-likeness (QED) is 0.938. The lowest BCUT2D eigenvalue weighted by atomic mass is 9.76. The van der Waals surface area contributed by atoms with Crippen molar-refractivity contribution >= 4 is 17.6 Å². The van der Waals surface area contributed by atoms with Crippen LogP contribution in [0.15, 0.2) is 18.2 Å². The van der Waals surface area contributed by atoms with Gasteiger partial charge in [-0.3, -0.25) is 0 Å². The zero-order valence-corrected chi connectivity index (χ0v) is 11.0. The number of hydrogen-bond acceptors (Lipinski definition) is 4. The van der Waals surface area contributed by atoms with Gasteiger partial charge in [-0.15, -0.1) is 5.10 Å². The van der Waals surface area contributed by atoms with Crippen LogP contribution < -0.4 is 0 Å². The van der Waals surface area contributed by atoms with E-state index in [0.717, 1.165) is 6.42 Å². The van der Waals surface area contributed by atoms with Crippen molar-refractivity contribution in [1.82, 2.24) is 20.2 Å². The monoisotopic (exact) mass is 296 g/mol. The Labute approximate surface area is 118 Å². The summed E-state index contributed by atoms with van der Waals surface area (Å²) >= 11 is 5.74. The van der Waals surface area contributed by atoms with Gasteiger partial charge in [0.25, 0.3) is 0 Å². The van der Waals surface area contributed by atoms with Crippen LogP contribution in [0, 0.1) is 5.82 Å². The molecule has 1 N–H and O–H groups in total. The van der Waals surface area contributed by atoms with Crippen molar-refractivity contribution in [3.63, 3.8) is 0 Å². The molecule has 8 heteroatoms. The third kappa shape index (κ3) is 1.77. The lowest BCUT2D eigenvalue weighted by Gasteiger charge is -2.37. The Morgan fingerprint density at radius 1 is 1.45 bits per heavy atom. The molecule has 0 spiro atoms. The van der Waals surface area contributed by atoms with E-state index in [2.05, 4.69) is 15.5 Å². The molecule has 1 fully saturated rings. The lowest BCUT2D eigenvalue weighted by Crippen LogP contribution is -2.48. The van der Waals surface area contributed by atoms with E-state index >= 15 is 0 Å². The van der Waals surface area contributed by atoms with Crippen molar-refractivity contribution in [2.45, 2.75) is 24.8 Å². The van der Waals surface area contributed by atoms with Gasteiger partial charge in [0.2, 0.25) is 0 Å². The van der Waals surface area contributed by atoms with Crippen LogP contribution in [0.2, 0.25) is 5.02 Å². The minimum atomic E-state index is -1.11. The highest BCUT2D eigenvalue weighted by Gasteiger charge is 2.49. The van der Waals surface area contributed by atoms with E-state index in [1.807, 2.05) is 0 Å². The molecule has 1 aliphatic carbocycles. The second-order valence-corrected chi connectivity index (χ2v) is 5.14. The molecule has 6 nitrogen and oxygen atoms in total. The molecule has 1 aromatic heterocycles. The van der Waals surface area contributed by atoms with Gasteiger partial charge in [0, 0.05) is 5.56 Å². The highest BCUT2D eigenvalue weighted by atomic mass is 35.5. The third-order valence-electron chi connectivity index (χ3n) is 3.63. The Morgan fingerprint density at radius 3 is 2.75 bits per heavy atom. The van der Waals surface area contributed by atoms with Gasteiger partial charge in [0.15, 0.2) is 11.4 Å². The zero-order chi connectivity index (χ0) is 14.3. The highest BCUT2D eigenvalue weighted by Crippen LogP contribution is 2.41. The summed E-state index contributed by atoms with van der Waals surface area (Å²) in [7, 11) is 0. The molecule has 1 aromatic carbocycles. The molecule has 0 saturated heterocycles. The first-order valence-electron chi connectivity index (χ1n) is 6.02. The minimum Gasteiger partial charge on any atom is -0.479 e. The predicted octanol–water partition coefficient (Wildman–Crippen LogP) is 2.10. The molecular weight excluding hydrogens is 287 g/mol. The summed E-state index contributed by atoms with van der Waals surface area (Å²) < 4.78 is 14.5. The maximum absolute atomic E-state index is 13.2. The fourth-order valence-corrected chi connectivity index (χ4v) is 2.50. The zero-order valence-electron chi connectivity index (χ0n) is 10.3. The molecule has 0 unspecified atom stereocenters. The van der Waals surface area contributed by atoms with Crippen LogP contribution in [0.1, 0.15) is 19.3 Å². The van der Waals surface area contributed by atoms with Gasteiger partial charge in [-0.25, -0.2) is 13.9 Å². The summed E-state index contributed by atoms with van der Waals surface area (Å²) in [5, 5.41) is 20.5. The van der Waals surface area contributed by atoms with Gasteiger partial charge >= 0.3 is 5.97 Å². The Balaban J connectivity index is 2.10. The average Bonchev–Trinajstić information content (AvgIpc) is 2.80.